The van der Waals surface area contributed by atoms with Crippen molar-refractivity contribution in [1.82, 2.24) is 4.90 Å². The van der Waals surface area contributed by atoms with E-state index in [0.29, 0.717) is 11.1 Å². The van der Waals surface area contributed by atoms with E-state index in [2.05, 4.69) is 0 Å². The SMILES string of the molecule is CCOC(=O)[C@](C)(CO)CN1C(=O)c2ccccc2C1=O. The van der Waals surface area contributed by atoms with Crippen LogP contribution in [0.5, 0.6) is 0 Å². The van der Waals surface area contributed by atoms with Crippen molar-refractivity contribution in [3.05, 3.63) is 35.4 Å². The van der Waals surface area contributed by atoms with Gasteiger partial charge in [0.2, 0.25) is 0 Å². The number of aliphatic hydroxyl groups excluding tert-OH is 1. The van der Waals surface area contributed by atoms with Crippen molar-refractivity contribution in [2.75, 3.05) is 19.8 Å². The Labute approximate surface area is 122 Å². The summed E-state index contributed by atoms with van der Waals surface area (Å²) in [5, 5.41) is 9.48. The summed E-state index contributed by atoms with van der Waals surface area (Å²) in [6.45, 7) is 2.55. The number of hydrogen-bond acceptors (Lipinski definition) is 5. The van der Waals surface area contributed by atoms with Crippen LogP contribution in [-0.4, -0.2) is 47.5 Å². The first-order chi connectivity index (χ1) is 9.94. The number of carbonyl (C=O) groups is 3. The molecular formula is C15H17NO5. The highest BCUT2D eigenvalue weighted by Gasteiger charge is 2.43. The summed E-state index contributed by atoms with van der Waals surface area (Å²) in [6.07, 6.45) is 0. The van der Waals surface area contributed by atoms with Crippen LogP contribution in [0.15, 0.2) is 24.3 Å². The fourth-order valence-corrected chi connectivity index (χ4v) is 2.22. The van der Waals surface area contributed by atoms with Crippen LogP contribution in [0, 0.1) is 5.41 Å². The van der Waals surface area contributed by atoms with Crippen molar-refractivity contribution in [3.8, 4) is 0 Å². The first kappa shape index (κ1) is 15.2. The number of esters is 1. The first-order valence-corrected chi connectivity index (χ1v) is 6.68. The molecule has 6 heteroatoms. The van der Waals surface area contributed by atoms with Crippen LogP contribution in [-0.2, 0) is 9.53 Å². The van der Waals surface area contributed by atoms with Crippen LogP contribution in [0.1, 0.15) is 34.6 Å². The highest BCUT2D eigenvalue weighted by Crippen LogP contribution is 2.27. The van der Waals surface area contributed by atoms with Gasteiger partial charge in [0.15, 0.2) is 0 Å². The fourth-order valence-electron chi connectivity index (χ4n) is 2.22. The van der Waals surface area contributed by atoms with Gasteiger partial charge in [-0.3, -0.25) is 19.3 Å². The van der Waals surface area contributed by atoms with Gasteiger partial charge in [0.25, 0.3) is 11.8 Å². The number of amides is 2. The topological polar surface area (TPSA) is 83.9 Å². The van der Waals surface area contributed by atoms with Gasteiger partial charge in [-0.25, -0.2) is 0 Å². The average molecular weight is 291 g/mol. The van der Waals surface area contributed by atoms with Gasteiger partial charge in [-0.15, -0.1) is 0 Å². The summed E-state index contributed by atoms with van der Waals surface area (Å²) in [6, 6.07) is 6.47. The third-order valence-electron chi connectivity index (χ3n) is 3.50. The van der Waals surface area contributed by atoms with Crippen molar-refractivity contribution in [3.63, 3.8) is 0 Å². The summed E-state index contributed by atoms with van der Waals surface area (Å²) < 4.78 is 4.91. The molecule has 0 saturated carbocycles. The van der Waals surface area contributed by atoms with Crippen LogP contribution in [0.4, 0.5) is 0 Å². The minimum atomic E-state index is -1.33. The molecule has 2 rings (SSSR count). The number of carbonyl (C=O) groups excluding carboxylic acids is 3. The molecule has 1 aliphatic heterocycles. The third-order valence-corrected chi connectivity index (χ3v) is 3.50. The maximum Gasteiger partial charge on any atom is 0.315 e. The number of rotatable bonds is 5. The lowest BCUT2D eigenvalue weighted by Gasteiger charge is -2.28. The largest absolute Gasteiger partial charge is 0.465 e. The molecule has 21 heavy (non-hydrogen) atoms. The highest BCUT2D eigenvalue weighted by molar-refractivity contribution is 6.21. The summed E-state index contributed by atoms with van der Waals surface area (Å²) in [5.41, 5.74) is -0.707. The maximum absolute atomic E-state index is 12.3. The Morgan fingerprint density at radius 2 is 1.76 bits per heavy atom. The second kappa shape index (κ2) is 5.65. The first-order valence-electron chi connectivity index (χ1n) is 6.68. The minimum Gasteiger partial charge on any atom is -0.465 e. The van der Waals surface area contributed by atoms with Gasteiger partial charge in [0.05, 0.1) is 24.3 Å². The average Bonchev–Trinajstić information content (AvgIpc) is 2.73. The van der Waals surface area contributed by atoms with Crippen LogP contribution in [0.2, 0.25) is 0 Å². The molecule has 1 aromatic carbocycles. The van der Waals surface area contributed by atoms with Gasteiger partial charge in [0.1, 0.15) is 5.41 Å². The zero-order valence-electron chi connectivity index (χ0n) is 12.0. The molecule has 6 nitrogen and oxygen atoms in total. The summed E-state index contributed by atoms with van der Waals surface area (Å²) >= 11 is 0. The summed E-state index contributed by atoms with van der Waals surface area (Å²) in [4.78, 5) is 37.4. The van der Waals surface area contributed by atoms with E-state index in [0.717, 1.165) is 4.90 Å². The molecule has 0 aromatic heterocycles. The lowest BCUT2D eigenvalue weighted by molar-refractivity contribution is -0.157. The second-order valence-electron chi connectivity index (χ2n) is 5.18. The van der Waals surface area contributed by atoms with E-state index >= 15 is 0 Å². The number of benzene rings is 1. The van der Waals surface area contributed by atoms with Crippen LogP contribution in [0.25, 0.3) is 0 Å². The second-order valence-corrected chi connectivity index (χ2v) is 5.18. The van der Waals surface area contributed by atoms with Gasteiger partial charge < -0.3 is 9.84 Å². The van der Waals surface area contributed by atoms with Gasteiger partial charge in [-0.2, -0.15) is 0 Å². The van der Waals surface area contributed by atoms with E-state index in [1.165, 1.54) is 6.92 Å². The van der Waals surface area contributed by atoms with E-state index in [1.807, 2.05) is 0 Å². The van der Waals surface area contributed by atoms with Crippen molar-refractivity contribution < 1.29 is 24.2 Å². The van der Waals surface area contributed by atoms with Gasteiger partial charge in [-0.1, -0.05) is 12.1 Å². The van der Waals surface area contributed by atoms with E-state index in [9.17, 15) is 19.5 Å². The predicted octanol–water partition coefficient (Wildman–Crippen LogP) is 0.844. The van der Waals surface area contributed by atoms with Crippen molar-refractivity contribution in [2.24, 2.45) is 5.41 Å². The highest BCUT2D eigenvalue weighted by atomic mass is 16.5. The minimum absolute atomic E-state index is 0.163. The molecule has 0 radical (unpaired) electrons. The number of nitrogens with zero attached hydrogens (tertiary/aromatic N) is 1. The molecule has 0 bridgehead atoms. The normalized spacial score (nSPS) is 16.6. The fraction of sp³-hybridized carbons (Fsp3) is 0.400. The monoisotopic (exact) mass is 291 g/mol. The van der Waals surface area contributed by atoms with Gasteiger partial charge >= 0.3 is 5.97 Å². The maximum atomic E-state index is 12.3. The van der Waals surface area contributed by atoms with E-state index in [1.54, 1.807) is 31.2 Å². The molecule has 1 heterocycles. The van der Waals surface area contributed by atoms with Crippen molar-refractivity contribution >= 4 is 17.8 Å². The predicted molar refractivity (Wildman–Crippen MR) is 73.6 cm³/mol. The quantitative estimate of drug-likeness (QED) is 0.642. The van der Waals surface area contributed by atoms with Crippen molar-refractivity contribution in [2.45, 2.75) is 13.8 Å². The number of aliphatic hydroxyl groups is 1. The molecule has 0 unspecified atom stereocenters. The zero-order valence-corrected chi connectivity index (χ0v) is 12.0. The molecule has 0 spiro atoms. The number of imide groups is 1. The Balaban J connectivity index is 2.26. The number of hydrogen-bond donors (Lipinski definition) is 1. The van der Waals surface area contributed by atoms with Crippen molar-refractivity contribution in [1.29, 1.82) is 0 Å². The third kappa shape index (κ3) is 2.54. The Hall–Kier alpha value is -2.21. The molecule has 1 atom stereocenters. The van der Waals surface area contributed by atoms with Gasteiger partial charge in [0, 0.05) is 6.54 Å². The molecule has 1 aromatic rings. The number of ether oxygens (including phenoxy) is 1. The molecule has 2 amide bonds. The molecule has 112 valence electrons. The molecular weight excluding hydrogens is 274 g/mol. The summed E-state index contributed by atoms with van der Waals surface area (Å²) in [5.74, 6) is -1.55. The summed E-state index contributed by atoms with van der Waals surface area (Å²) in [7, 11) is 0. The van der Waals surface area contributed by atoms with E-state index < -0.39 is 29.8 Å². The zero-order chi connectivity index (χ0) is 15.6. The Morgan fingerprint density at radius 1 is 1.24 bits per heavy atom. The van der Waals surface area contributed by atoms with Crippen LogP contribution in [0.3, 0.4) is 0 Å². The Bertz CT molecular complexity index is 562. The van der Waals surface area contributed by atoms with Crippen LogP contribution < -0.4 is 0 Å². The molecule has 0 fully saturated rings. The molecule has 1 aliphatic rings. The number of fused-ring (bicyclic) bond motifs is 1. The van der Waals surface area contributed by atoms with Gasteiger partial charge in [-0.05, 0) is 26.0 Å². The Kier molecular flexibility index (Phi) is 4.09. The smallest absolute Gasteiger partial charge is 0.315 e. The lowest BCUT2D eigenvalue weighted by Crippen LogP contribution is -2.46. The van der Waals surface area contributed by atoms with Crippen LogP contribution >= 0.6 is 0 Å². The molecule has 1 N–H and O–H groups in total. The van der Waals surface area contributed by atoms with E-state index in [-0.39, 0.29) is 13.2 Å². The van der Waals surface area contributed by atoms with E-state index in [4.69, 9.17) is 4.74 Å². The Morgan fingerprint density at radius 3 is 2.19 bits per heavy atom. The molecule has 0 saturated heterocycles. The standard InChI is InChI=1S/C15H17NO5/c1-3-21-14(20)15(2,9-17)8-16-12(18)10-6-4-5-7-11(10)13(16)19/h4-7,17H,3,8-9H2,1-2H3/t15-/m0/s1. The lowest BCUT2D eigenvalue weighted by atomic mass is 9.91. The molecule has 0 aliphatic carbocycles.